The summed E-state index contributed by atoms with van der Waals surface area (Å²) in [6.45, 7) is 2.22. The third kappa shape index (κ3) is 3.09. The lowest BCUT2D eigenvalue weighted by Crippen LogP contribution is -2.06. The molecule has 0 amide bonds. The van der Waals surface area contributed by atoms with Crippen molar-refractivity contribution in [3.63, 3.8) is 0 Å². The van der Waals surface area contributed by atoms with Gasteiger partial charge in [-0.25, -0.2) is 9.78 Å². The maximum Gasteiger partial charge on any atom is 0.345 e. The van der Waals surface area contributed by atoms with Crippen LogP contribution in [0.1, 0.15) is 37.6 Å². The molecular weight excluding hydrogens is 344 g/mol. The summed E-state index contributed by atoms with van der Waals surface area (Å²) in [6, 6.07) is 11.6. The topological polar surface area (TPSA) is 66.9 Å². The minimum absolute atomic E-state index is 0.405. The van der Waals surface area contributed by atoms with Crippen LogP contribution in [0.5, 0.6) is 0 Å². The quantitative estimate of drug-likeness (QED) is 0.452. The number of aromatic nitrogens is 1. The molecule has 1 aliphatic carbocycles. The van der Waals surface area contributed by atoms with Gasteiger partial charge in [-0.1, -0.05) is 31.5 Å². The van der Waals surface area contributed by atoms with E-state index in [1.54, 1.807) is 6.07 Å². The second-order valence-electron chi connectivity index (χ2n) is 6.82. The summed E-state index contributed by atoms with van der Waals surface area (Å²) in [4.78, 5) is 16.9. The highest BCUT2D eigenvalue weighted by Crippen LogP contribution is 2.35. The van der Waals surface area contributed by atoms with Crippen LogP contribution in [-0.4, -0.2) is 4.98 Å². The normalized spacial score (nSPS) is 19.3. The van der Waals surface area contributed by atoms with Crippen LogP contribution in [0, 0.1) is 17.2 Å². The van der Waals surface area contributed by atoms with Crippen LogP contribution in [0.15, 0.2) is 50.5 Å². The SMILES string of the molecule is CC1CCC/C(=C(\C#N)c2nc(-c3cc4ccccc4oc3=O)cs2)C1. The number of nitriles is 1. The predicted molar refractivity (Wildman–Crippen MR) is 104 cm³/mol. The first-order valence-electron chi connectivity index (χ1n) is 8.77. The average molecular weight is 362 g/mol. The number of thiazole rings is 1. The summed E-state index contributed by atoms with van der Waals surface area (Å²) >= 11 is 1.41. The van der Waals surface area contributed by atoms with Gasteiger partial charge in [0, 0.05) is 10.8 Å². The Bertz CT molecular complexity index is 1100. The van der Waals surface area contributed by atoms with E-state index in [0.29, 0.717) is 33.3 Å². The number of para-hydroxylation sites is 1. The van der Waals surface area contributed by atoms with Crippen molar-refractivity contribution in [2.75, 3.05) is 0 Å². The monoisotopic (exact) mass is 362 g/mol. The van der Waals surface area contributed by atoms with Crippen molar-refractivity contribution in [2.24, 2.45) is 5.92 Å². The molecule has 2 heterocycles. The molecule has 0 bridgehead atoms. The van der Waals surface area contributed by atoms with Gasteiger partial charge in [-0.2, -0.15) is 5.26 Å². The lowest BCUT2D eigenvalue weighted by Gasteiger charge is -2.21. The summed E-state index contributed by atoms with van der Waals surface area (Å²) in [6.07, 6.45) is 4.24. The van der Waals surface area contributed by atoms with E-state index in [4.69, 9.17) is 4.42 Å². The smallest absolute Gasteiger partial charge is 0.345 e. The summed E-state index contributed by atoms with van der Waals surface area (Å²) in [5, 5.41) is 13.1. The van der Waals surface area contributed by atoms with Gasteiger partial charge < -0.3 is 4.42 Å². The Labute approximate surface area is 155 Å². The van der Waals surface area contributed by atoms with E-state index >= 15 is 0 Å². The Morgan fingerprint density at radius 3 is 3.04 bits per heavy atom. The zero-order chi connectivity index (χ0) is 18.1. The molecule has 26 heavy (non-hydrogen) atoms. The summed E-state index contributed by atoms with van der Waals surface area (Å²) < 4.78 is 5.41. The second-order valence-corrected chi connectivity index (χ2v) is 7.67. The molecule has 0 N–H and O–H groups in total. The first kappa shape index (κ1) is 16.7. The number of benzene rings is 1. The standard InChI is InChI=1S/C21H18N2O2S/c1-13-5-4-7-14(9-13)17(11-22)20-23-18(12-26-20)16-10-15-6-2-3-8-19(15)25-21(16)24/h2-3,6,8,10,12-13H,4-5,7,9H2,1H3/b17-14-. The second kappa shape index (κ2) is 6.89. The van der Waals surface area contributed by atoms with Gasteiger partial charge in [0.15, 0.2) is 0 Å². The minimum atomic E-state index is -0.405. The van der Waals surface area contributed by atoms with Gasteiger partial charge in [0.2, 0.25) is 0 Å². The maximum atomic E-state index is 12.3. The molecule has 3 aromatic rings. The van der Waals surface area contributed by atoms with Gasteiger partial charge >= 0.3 is 5.63 Å². The summed E-state index contributed by atoms with van der Waals surface area (Å²) in [5.41, 5.74) is 3.04. The van der Waals surface area contributed by atoms with Gasteiger partial charge in [-0.05, 0) is 42.9 Å². The van der Waals surface area contributed by atoms with E-state index in [1.807, 2.05) is 29.6 Å². The van der Waals surface area contributed by atoms with Crippen LogP contribution in [0.4, 0.5) is 0 Å². The fourth-order valence-electron chi connectivity index (χ4n) is 3.55. The first-order chi connectivity index (χ1) is 12.7. The average Bonchev–Trinajstić information content (AvgIpc) is 3.11. The van der Waals surface area contributed by atoms with Crippen molar-refractivity contribution in [1.82, 2.24) is 4.98 Å². The van der Waals surface area contributed by atoms with Crippen LogP contribution in [0.3, 0.4) is 0 Å². The fraction of sp³-hybridized carbons (Fsp3) is 0.286. The van der Waals surface area contributed by atoms with Gasteiger partial charge in [-0.3, -0.25) is 0 Å². The molecule has 0 saturated heterocycles. The number of fused-ring (bicyclic) bond motifs is 1. The van der Waals surface area contributed by atoms with Gasteiger partial charge in [0.1, 0.15) is 16.7 Å². The highest BCUT2D eigenvalue weighted by atomic mass is 32.1. The molecule has 1 aliphatic rings. The lowest BCUT2D eigenvalue weighted by atomic mass is 9.84. The zero-order valence-corrected chi connectivity index (χ0v) is 15.3. The van der Waals surface area contributed by atoms with E-state index < -0.39 is 5.63 Å². The Morgan fingerprint density at radius 1 is 1.38 bits per heavy atom. The number of hydrogen-bond acceptors (Lipinski definition) is 5. The molecular formula is C21H18N2O2S. The molecule has 0 radical (unpaired) electrons. The summed E-state index contributed by atoms with van der Waals surface area (Å²) in [5.74, 6) is 0.606. The molecule has 2 aromatic heterocycles. The predicted octanol–water partition coefficient (Wildman–Crippen LogP) is 5.40. The van der Waals surface area contributed by atoms with Crippen LogP contribution in [-0.2, 0) is 0 Å². The minimum Gasteiger partial charge on any atom is -0.422 e. The van der Waals surface area contributed by atoms with Crippen molar-refractivity contribution in [3.05, 3.63) is 56.7 Å². The van der Waals surface area contributed by atoms with Gasteiger partial charge in [0.05, 0.1) is 16.8 Å². The van der Waals surface area contributed by atoms with E-state index in [2.05, 4.69) is 18.0 Å². The van der Waals surface area contributed by atoms with Gasteiger partial charge in [-0.15, -0.1) is 11.3 Å². The third-order valence-electron chi connectivity index (χ3n) is 4.87. The molecule has 1 unspecified atom stereocenters. The van der Waals surface area contributed by atoms with Crippen molar-refractivity contribution in [3.8, 4) is 17.3 Å². The Kier molecular flexibility index (Phi) is 4.44. The van der Waals surface area contributed by atoms with Crippen molar-refractivity contribution in [2.45, 2.75) is 32.6 Å². The first-order valence-corrected chi connectivity index (χ1v) is 9.65. The van der Waals surface area contributed by atoms with Crippen molar-refractivity contribution < 1.29 is 4.42 Å². The Balaban J connectivity index is 1.77. The van der Waals surface area contributed by atoms with E-state index in [9.17, 15) is 10.1 Å². The van der Waals surface area contributed by atoms with Gasteiger partial charge in [0.25, 0.3) is 0 Å². The zero-order valence-electron chi connectivity index (χ0n) is 14.5. The largest absolute Gasteiger partial charge is 0.422 e. The van der Waals surface area contributed by atoms with Crippen LogP contribution >= 0.6 is 11.3 Å². The molecule has 0 spiro atoms. The van der Waals surface area contributed by atoms with Crippen LogP contribution in [0.2, 0.25) is 0 Å². The van der Waals surface area contributed by atoms with Crippen LogP contribution < -0.4 is 5.63 Å². The molecule has 1 atom stereocenters. The van der Waals surface area contributed by atoms with Crippen molar-refractivity contribution in [1.29, 1.82) is 5.26 Å². The number of nitrogens with zero attached hydrogens (tertiary/aromatic N) is 2. The molecule has 4 nitrogen and oxygen atoms in total. The number of rotatable bonds is 2. The maximum absolute atomic E-state index is 12.3. The Morgan fingerprint density at radius 2 is 2.23 bits per heavy atom. The van der Waals surface area contributed by atoms with E-state index in [0.717, 1.165) is 24.6 Å². The number of allylic oxidation sites excluding steroid dienone is 2. The van der Waals surface area contributed by atoms with E-state index in [1.165, 1.54) is 23.3 Å². The Hall–Kier alpha value is -2.71. The van der Waals surface area contributed by atoms with Crippen LogP contribution in [0.25, 0.3) is 27.8 Å². The summed E-state index contributed by atoms with van der Waals surface area (Å²) in [7, 11) is 0. The fourth-order valence-corrected chi connectivity index (χ4v) is 4.41. The van der Waals surface area contributed by atoms with Crippen molar-refractivity contribution >= 4 is 27.9 Å². The van der Waals surface area contributed by atoms with E-state index in [-0.39, 0.29) is 0 Å². The third-order valence-corrected chi connectivity index (χ3v) is 5.73. The highest BCUT2D eigenvalue weighted by Gasteiger charge is 2.20. The molecule has 1 fully saturated rings. The molecule has 5 heteroatoms. The molecule has 1 aromatic carbocycles. The molecule has 130 valence electrons. The lowest BCUT2D eigenvalue weighted by molar-refractivity contribution is 0.454. The molecule has 4 rings (SSSR count). The molecule has 0 aliphatic heterocycles. The highest BCUT2D eigenvalue weighted by molar-refractivity contribution is 7.11. The number of hydrogen-bond donors (Lipinski definition) is 0. The molecule has 1 saturated carbocycles.